The zero-order chi connectivity index (χ0) is 17.4. The van der Waals surface area contributed by atoms with Crippen LogP contribution in [0.1, 0.15) is 37.7 Å². The lowest BCUT2D eigenvalue weighted by molar-refractivity contribution is -0.137. The van der Waals surface area contributed by atoms with Crippen LogP contribution in [0.3, 0.4) is 0 Å². The van der Waals surface area contributed by atoms with Crippen LogP contribution in [0.2, 0.25) is 0 Å². The minimum atomic E-state index is -0.201. The lowest BCUT2D eigenvalue weighted by Gasteiger charge is -2.51. The second-order valence-corrected chi connectivity index (χ2v) is 7.51. The zero-order valence-corrected chi connectivity index (χ0v) is 14.9. The number of hydrogen-bond acceptors (Lipinski definition) is 3. The molecule has 0 radical (unpaired) electrons. The number of likely N-dealkylation sites (tertiary alicyclic amines) is 1. The third kappa shape index (κ3) is 3.08. The predicted molar refractivity (Wildman–Crippen MR) is 93.8 cm³/mol. The fraction of sp³-hybridized carbons (Fsp3) is 0.650. The first-order chi connectivity index (χ1) is 12.2. The number of halogens is 1. The van der Waals surface area contributed by atoms with E-state index in [1.807, 2.05) is 19.1 Å². The van der Waals surface area contributed by atoms with Crippen molar-refractivity contribution < 1.29 is 13.9 Å². The average Bonchev–Trinajstić information content (AvgIpc) is 3.06. The normalized spacial score (nSPS) is 33.5. The highest BCUT2D eigenvalue weighted by molar-refractivity contribution is 5.77. The number of carbonyl (C=O) groups is 1. The molecule has 0 saturated carbocycles. The van der Waals surface area contributed by atoms with Gasteiger partial charge in [0.25, 0.3) is 0 Å². The third-order valence-corrected chi connectivity index (χ3v) is 6.28. The number of carbonyl (C=O) groups excluding carboxylic acids is 1. The van der Waals surface area contributed by atoms with Crippen LogP contribution in [0.5, 0.6) is 0 Å². The third-order valence-electron chi connectivity index (χ3n) is 6.28. The summed E-state index contributed by atoms with van der Waals surface area (Å²) in [6, 6.07) is 7.57. The lowest BCUT2D eigenvalue weighted by Crippen LogP contribution is -2.60. The van der Waals surface area contributed by atoms with Crippen molar-refractivity contribution in [2.45, 2.75) is 44.2 Å². The molecule has 4 nitrogen and oxygen atoms in total. The number of fused-ring (bicyclic) bond motifs is 2. The largest absolute Gasteiger partial charge is 0.381 e. The Morgan fingerprint density at radius 1 is 1.20 bits per heavy atom. The van der Waals surface area contributed by atoms with Crippen LogP contribution in [-0.4, -0.2) is 60.6 Å². The molecule has 0 aliphatic carbocycles. The zero-order valence-electron chi connectivity index (χ0n) is 14.9. The predicted octanol–water partition coefficient (Wildman–Crippen LogP) is 2.64. The molecule has 4 aliphatic rings. The van der Waals surface area contributed by atoms with Crippen LogP contribution in [0.15, 0.2) is 24.3 Å². The van der Waals surface area contributed by atoms with Gasteiger partial charge in [-0.2, -0.15) is 0 Å². The van der Waals surface area contributed by atoms with Gasteiger partial charge >= 0.3 is 0 Å². The van der Waals surface area contributed by atoms with E-state index in [-0.39, 0.29) is 17.6 Å². The van der Waals surface area contributed by atoms with Crippen LogP contribution in [-0.2, 0) is 9.53 Å². The number of amides is 1. The van der Waals surface area contributed by atoms with Crippen molar-refractivity contribution in [2.75, 3.05) is 32.8 Å². The molecule has 1 aromatic rings. The number of ether oxygens (including phenoxy) is 1. The van der Waals surface area contributed by atoms with Gasteiger partial charge in [-0.3, -0.25) is 9.69 Å². The highest BCUT2D eigenvalue weighted by atomic mass is 19.1. The molecule has 4 heterocycles. The summed E-state index contributed by atoms with van der Waals surface area (Å²) in [5.41, 5.74) is 1.16. The van der Waals surface area contributed by atoms with Gasteiger partial charge in [0.1, 0.15) is 5.82 Å². The van der Waals surface area contributed by atoms with Gasteiger partial charge in [0.15, 0.2) is 0 Å². The Balaban J connectivity index is 1.59. The first-order valence-electron chi connectivity index (χ1n) is 9.55. The molecule has 4 fully saturated rings. The molecule has 1 aromatic carbocycles. The van der Waals surface area contributed by atoms with Gasteiger partial charge in [0.05, 0.1) is 19.1 Å². The van der Waals surface area contributed by atoms with E-state index in [9.17, 15) is 9.18 Å². The molecule has 4 saturated heterocycles. The van der Waals surface area contributed by atoms with E-state index in [2.05, 4.69) is 9.80 Å². The monoisotopic (exact) mass is 346 g/mol. The molecule has 136 valence electrons. The number of rotatable bonds is 5. The molecule has 1 amide bonds. The van der Waals surface area contributed by atoms with E-state index in [0.29, 0.717) is 37.6 Å². The van der Waals surface area contributed by atoms with E-state index >= 15 is 0 Å². The van der Waals surface area contributed by atoms with Crippen molar-refractivity contribution in [3.8, 4) is 0 Å². The molecule has 0 spiro atoms. The van der Waals surface area contributed by atoms with Gasteiger partial charge < -0.3 is 9.64 Å². The maximum Gasteiger partial charge on any atom is 0.225 e. The van der Waals surface area contributed by atoms with E-state index in [4.69, 9.17) is 4.74 Å². The quantitative estimate of drug-likeness (QED) is 0.769. The molecule has 0 N–H and O–H groups in total. The summed E-state index contributed by atoms with van der Waals surface area (Å²) in [5, 5.41) is 0. The lowest BCUT2D eigenvalue weighted by atomic mass is 9.75. The molecule has 5 rings (SSSR count). The van der Waals surface area contributed by atoms with Crippen LogP contribution in [0.4, 0.5) is 4.39 Å². The summed E-state index contributed by atoms with van der Waals surface area (Å²) >= 11 is 0. The minimum absolute atomic E-state index is 0.201. The molecule has 25 heavy (non-hydrogen) atoms. The molecular weight excluding hydrogens is 319 g/mol. The van der Waals surface area contributed by atoms with Crippen LogP contribution in [0, 0.1) is 11.7 Å². The molecule has 2 bridgehead atoms. The number of hydrogen-bond donors (Lipinski definition) is 0. The number of nitrogens with zero attached hydrogens (tertiary/aromatic N) is 2. The van der Waals surface area contributed by atoms with Gasteiger partial charge in [-0.15, -0.1) is 0 Å². The molecule has 3 atom stereocenters. The van der Waals surface area contributed by atoms with Gasteiger partial charge in [0, 0.05) is 25.1 Å². The summed E-state index contributed by atoms with van der Waals surface area (Å²) in [6.07, 6.45) is 2.83. The Kier molecular flexibility index (Phi) is 4.78. The Bertz CT molecular complexity index is 613. The Hall–Kier alpha value is -1.46. The highest BCUT2D eigenvalue weighted by Gasteiger charge is 2.54. The Morgan fingerprint density at radius 3 is 2.60 bits per heavy atom. The van der Waals surface area contributed by atoms with Gasteiger partial charge in [-0.05, 0) is 56.5 Å². The maximum atomic E-state index is 13.3. The fourth-order valence-electron chi connectivity index (χ4n) is 5.15. The molecule has 5 heteroatoms. The number of piperidine rings is 3. The van der Waals surface area contributed by atoms with Crippen molar-refractivity contribution in [1.29, 1.82) is 0 Å². The van der Waals surface area contributed by atoms with E-state index in [1.54, 1.807) is 12.1 Å². The van der Waals surface area contributed by atoms with E-state index in [0.717, 1.165) is 25.2 Å². The van der Waals surface area contributed by atoms with Crippen molar-refractivity contribution in [1.82, 2.24) is 9.80 Å². The van der Waals surface area contributed by atoms with Crippen molar-refractivity contribution in [2.24, 2.45) is 5.92 Å². The van der Waals surface area contributed by atoms with Crippen molar-refractivity contribution in [3.63, 3.8) is 0 Å². The van der Waals surface area contributed by atoms with Crippen molar-refractivity contribution in [3.05, 3.63) is 35.6 Å². The van der Waals surface area contributed by atoms with Crippen LogP contribution >= 0.6 is 0 Å². The summed E-state index contributed by atoms with van der Waals surface area (Å²) in [7, 11) is 0. The topological polar surface area (TPSA) is 32.8 Å². The maximum absolute atomic E-state index is 13.3. The Morgan fingerprint density at radius 2 is 1.92 bits per heavy atom. The van der Waals surface area contributed by atoms with E-state index in [1.165, 1.54) is 12.8 Å². The van der Waals surface area contributed by atoms with Crippen molar-refractivity contribution >= 4 is 5.91 Å². The SMILES string of the molecule is CCOCCC(=O)N1C[C@@H](c2ccc(F)cc2)[C@@H]2[C@H]1C1CCN2CC1. The Labute approximate surface area is 148 Å². The summed E-state index contributed by atoms with van der Waals surface area (Å²) < 4.78 is 18.7. The number of benzene rings is 1. The first kappa shape index (κ1) is 17.0. The molecule has 4 aliphatic heterocycles. The van der Waals surface area contributed by atoms with Crippen LogP contribution in [0.25, 0.3) is 0 Å². The summed E-state index contributed by atoms with van der Waals surface area (Å²) in [4.78, 5) is 17.5. The van der Waals surface area contributed by atoms with E-state index < -0.39 is 0 Å². The summed E-state index contributed by atoms with van der Waals surface area (Å²) in [5.74, 6) is 0.900. The van der Waals surface area contributed by atoms with Gasteiger partial charge in [-0.1, -0.05) is 12.1 Å². The second-order valence-electron chi connectivity index (χ2n) is 7.51. The molecule has 0 unspecified atom stereocenters. The smallest absolute Gasteiger partial charge is 0.225 e. The second kappa shape index (κ2) is 7.04. The van der Waals surface area contributed by atoms with Crippen LogP contribution < -0.4 is 0 Å². The summed E-state index contributed by atoms with van der Waals surface area (Å²) in [6.45, 7) is 6.11. The van der Waals surface area contributed by atoms with Gasteiger partial charge in [0.2, 0.25) is 5.91 Å². The highest BCUT2D eigenvalue weighted by Crippen LogP contribution is 2.46. The standard InChI is InChI=1S/C20H27FN2O2/c1-2-25-12-9-18(24)23-13-17(14-3-5-16(21)6-4-14)20-19(23)15-7-10-22(20)11-8-15/h3-6,15,17,19-20H,2,7-13H2,1H3/t17-,19+,20+/m0/s1. The first-order valence-corrected chi connectivity index (χ1v) is 9.55. The average molecular weight is 346 g/mol. The molecular formula is C20H27FN2O2. The fourth-order valence-corrected chi connectivity index (χ4v) is 5.15. The van der Waals surface area contributed by atoms with Gasteiger partial charge in [-0.25, -0.2) is 4.39 Å². The minimum Gasteiger partial charge on any atom is -0.381 e. The molecule has 0 aromatic heterocycles.